The van der Waals surface area contributed by atoms with E-state index in [0.29, 0.717) is 5.56 Å². The van der Waals surface area contributed by atoms with E-state index in [-0.39, 0.29) is 11.9 Å². The van der Waals surface area contributed by atoms with Crippen molar-refractivity contribution in [3.8, 4) is 0 Å². The molecule has 0 aliphatic heterocycles. The van der Waals surface area contributed by atoms with E-state index in [2.05, 4.69) is 29.8 Å². The smallest absolute Gasteiger partial charge is 0.202 e. The molecule has 0 bridgehead atoms. The molecule has 0 aromatic heterocycles. The summed E-state index contributed by atoms with van der Waals surface area (Å²) in [7, 11) is 0. The van der Waals surface area contributed by atoms with Gasteiger partial charge in [-0.15, -0.1) is 0 Å². The van der Waals surface area contributed by atoms with Gasteiger partial charge in [0.1, 0.15) is 0 Å². The third kappa shape index (κ3) is 4.60. The molecule has 0 radical (unpaired) electrons. The number of carbonyl (C=O) groups is 1. The Morgan fingerprint density at radius 3 is 2.47 bits per heavy atom. The van der Waals surface area contributed by atoms with Gasteiger partial charge in [0.2, 0.25) is 5.78 Å². The summed E-state index contributed by atoms with van der Waals surface area (Å²) in [6, 6.07) is 9.22. The van der Waals surface area contributed by atoms with Gasteiger partial charge in [0.25, 0.3) is 0 Å². The van der Waals surface area contributed by atoms with Crippen molar-refractivity contribution < 1.29 is 9.53 Å². The molecule has 0 saturated carbocycles. The molecular formula is C14H19BrO2. The van der Waals surface area contributed by atoms with E-state index in [4.69, 9.17) is 4.74 Å². The predicted octanol–water partition coefficient (Wildman–Crippen LogP) is 4.19. The van der Waals surface area contributed by atoms with Crippen molar-refractivity contribution in [1.82, 2.24) is 0 Å². The topological polar surface area (TPSA) is 26.3 Å². The van der Waals surface area contributed by atoms with Crippen molar-refractivity contribution in [3.63, 3.8) is 0 Å². The van der Waals surface area contributed by atoms with Gasteiger partial charge in [-0.2, -0.15) is 0 Å². The first-order valence-corrected chi connectivity index (χ1v) is 6.99. The molecule has 94 valence electrons. The molecule has 0 spiro atoms. The van der Waals surface area contributed by atoms with Crippen LogP contribution in [0.5, 0.6) is 0 Å². The van der Waals surface area contributed by atoms with E-state index in [1.165, 1.54) is 0 Å². The van der Waals surface area contributed by atoms with Crippen LogP contribution in [0.3, 0.4) is 0 Å². The van der Waals surface area contributed by atoms with Crippen LogP contribution in [0.4, 0.5) is 0 Å². The minimum absolute atomic E-state index is 0.0137. The summed E-state index contributed by atoms with van der Waals surface area (Å²) in [5.74, 6) is -0.0137. The largest absolute Gasteiger partial charge is 0.355 e. The van der Waals surface area contributed by atoms with Crippen LogP contribution in [0.2, 0.25) is 0 Å². The van der Waals surface area contributed by atoms with E-state index >= 15 is 0 Å². The summed E-state index contributed by atoms with van der Waals surface area (Å²) in [4.78, 5) is 12.0. The van der Waals surface area contributed by atoms with E-state index in [0.717, 1.165) is 19.3 Å². The van der Waals surface area contributed by atoms with Crippen molar-refractivity contribution in [2.75, 3.05) is 0 Å². The number of halogens is 1. The molecule has 2 nitrogen and oxygen atoms in total. The Balaban J connectivity index is 2.58. The molecule has 0 saturated heterocycles. The number of ether oxygens (including phenoxy) is 1. The number of rotatable bonds is 7. The monoisotopic (exact) mass is 298 g/mol. The Kier molecular flexibility index (Phi) is 6.45. The van der Waals surface area contributed by atoms with Crippen LogP contribution in [0.1, 0.15) is 43.5 Å². The number of hydrogen-bond donors (Lipinski definition) is 0. The van der Waals surface area contributed by atoms with Gasteiger partial charge in [-0.05, 0) is 28.8 Å². The second-order valence-corrected chi connectivity index (χ2v) is 4.83. The van der Waals surface area contributed by atoms with Gasteiger partial charge in [0.05, 0.1) is 6.10 Å². The van der Waals surface area contributed by atoms with Crippen LogP contribution in [0.25, 0.3) is 0 Å². The molecule has 0 N–H and O–H groups in total. The van der Waals surface area contributed by atoms with Crippen LogP contribution in [0, 0.1) is 0 Å². The summed E-state index contributed by atoms with van der Waals surface area (Å²) < 4.78 is 5.72. The van der Waals surface area contributed by atoms with E-state index in [1.54, 1.807) is 12.1 Å². The van der Waals surface area contributed by atoms with Gasteiger partial charge >= 0.3 is 0 Å². The first kappa shape index (κ1) is 14.4. The lowest BCUT2D eigenvalue weighted by atomic mass is 10.1. The number of hydrogen-bond acceptors (Lipinski definition) is 2. The van der Waals surface area contributed by atoms with Crippen LogP contribution in [0.15, 0.2) is 30.3 Å². The quantitative estimate of drug-likeness (QED) is 0.557. The highest BCUT2D eigenvalue weighted by atomic mass is 79.9. The zero-order chi connectivity index (χ0) is 12.7. The molecule has 0 aliphatic rings. The van der Waals surface area contributed by atoms with E-state index in [9.17, 15) is 4.79 Å². The highest BCUT2D eigenvalue weighted by molar-refractivity contribution is 9.09. The Morgan fingerprint density at radius 2 is 1.94 bits per heavy atom. The Bertz CT molecular complexity index is 337. The van der Waals surface area contributed by atoms with Gasteiger partial charge in [-0.25, -0.2) is 0 Å². The molecule has 2 atom stereocenters. The third-order valence-electron chi connectivity index (χ3n) is 2.64. The molecular weight excluding hydrogens is 280 g/mol. The van der Waals surface area contributed by atoms with Crippen molar-refractivity contribution in [3.05, 3.63) is 35.9 Å². The summed E-state index contributed by atoms with van der Waals surface area (Å²) >= 11 is 3.32. The number of ketones is 1. The maximum absolute atomic E-state index is 12.0. The SMILES string of the molecule is CCCC(CC)OC(Br)C(=O)c1ccccc1. The predicted molar refractivity (Wildman–Crippen MR) is 73.6 cm³/mol. The summed E-state index contributed by atoms with van der Waals surface area (Å²) in [6.45, 7) is 4.20. The second kappa shape index (κ2) is 7.62. The fourth-order valence-corrected chi connectivity index (χ4v) is 2.22. The molecule has 2 unspecified atom stereocenters. The molecule has 0 amide bonds. The molecule has 0 aliphatic carbocycles. The van der Waals surface area contributed by atoms with Crippen LogP contribution >= 0.6 is 15.9 Å². The lowest BCUT2D eigenvalue weighted by Gasteiger charge is -2.19. The zero-order valence-corrected chi connectivity index (χ0v) is 11.9. The lowest BCUT2D eigenvalue weighted by molar-refractivity contribution is 0.0286. The molecule has 1 rings (SSSR count). The van der Waals surface area contributed by atoms with Crippen molar-refractivity contribution in [1.29, 1.82) is 0 Å². The van der Waals surface area contributed by atoms with Crippen LogP contribution in [-0.4, -0.2) is 16.9 Å². The van der Waals surface area contributed by atoms with Crippen LogP contribution in [-0.2, 0) is 4.74 Å². The van der Waals surface area contributed by atoms with E-state index in [1.807, 2.05) is 18.2 Å². The first-order chi connectivity index (χ1) is 8.19. The fourth-order valence-electron chi connectivity index (χ4n) is 1.65. The lowest BCUT2D eigenvalue weighted by Crippen LogP contribution is -2.24. The summed E-state index contributed by atoms with van der Waals surface area (Å²) in [5.41, 5.74) is 0.681. The number of carbonyl (C=O) groups excluding carboxylic acids is 1. The van der Waals surface area contributed by atoms with E-state index < -0.39 is 5.01 Å². The average molecular weight is 299 g/mol. The number of alkyl halides is 1. The summed E-state index contributed by atoms with van der Waals surface area (Å²) in [5, 5.41) is -0.540. The highest BCUT2D eigenvalue weighted by Gasteiger charge is 2.20. The molecule has 1 aromatic carbocycles. The average Bonchev–Trinajstić information content (AvgIpc) is 2.38. The van der Waals surface area contributed by atoms with Gasteiger partial charge < -0.3 is 4.74 Å². The maximum Gasteiger partial charge on any atom is 0.202 e. The minimum atomic E-state index is -0.540. The maximum atomic E-state index is 12.0. The zero-order valence-electron chi connectivity index (χ0n) is 10.4. The standard InChI is InChI=1S/C14H19BrO2/c1-3-8-12(4-2)17-14(15)13(16)11-9-6-5-7-10-11/h5-7,9-10,12,14H,3-4,8H2,1-2H3. The molecule has 17 heavy (non-hydrogen) atoms. The fraction of sp³-hybridized carbons (Fsp3) is 0.500. The van der Waals surface area contributed by atoms with Crippen molar-refractivity contribution >= 4 is 21.7 Å². The normalized spacial score (nSPS) is 14.3. The second-order valence-electron chi connectivity index (χ2n) is 4.00. The van der Waals surface area contributed by atoms with Gasteiger partial charge in [0, 0.05) is 5.56 Å². The molecule has 0 fully saturated rings. The highest BCUT2D eigenvalue weighted by Crippen LogP contribution is 2.17. The Hall–Kier alpha value is -0.670. The molecule has 1 aromatic rings. The number of Topliss-reactive ketones (excluding diaryl/α,β-unsaturated/α-hetero) is 1. The Morgan fingerprint density at radius 1 is 1.29 bits per heavy atom. The van der Waals surface area contributed by atoms with Gasteiger partial charge in [0.15, 0.2) is 5.01 Å². The Labute approximate surface area is 111 Å². The summed E-state index contributed by atoms with van der Waals surface area (Å²) in [6.07, 6.45) is 3.13. The van der Waals surface area contributed by atoms with Crippen molar-refractivity contribution in [2.45, 2.75) is 44.2 Å². The van der Waals surface area contributed by atoms with Crippen molar-refractivity contribution in [2.24, 2.45) is 0 Å². The minimum Gasteiger partial charge on any atom is -0.355 e. The number of benzene rings is 1. The van der Waals surface area contributed by atoms with Crippen LogP contribution < -0.4 is 0 Å². The van der Waals surface area contributed by atoms with Gasteiger partial charge in [-0.3, -0.25) is 4.79 Å². The third-order valence-corrected chi connectivity index (χ3v) is 3.27. The van der Waals surface area contributed by atoms with Gasteiger partial charge in [-0.1, -0.05) is 50.6 Å². The molecule has 0 heterocycles. The first-order valence-electron chi connectivity index (χ1n) is 6.07. The molecule has 3 heteroatoms.